The fourth-order valence-corrected chi connectivity index (χ4v) is 11.7. The van der Waals surface area contributed by atoms with Crippen LogP contribution in [0.1, 0.15) is 137 Å². The number of aromatic hydroxyl groups is 3. The van der Waals surface area contributed by atoms with E-state index in [9.17, 15) is 10.2 Å². The van der Waals surface area contributed by atoms with Crippen molar-refractivity contribution in [1.29, 1.82) is 0 Å². The number of phenolic OH excluding ortho intramolecular Hbond substituents is 3. The molecular weight excluding hydrogens is 824 g/mol. The Balaban J connectivity index is 0.000000397. The molecule has 1 saturated heterocycles. The van der Waals surface area contributed by atoms with Gasteiger partial charge in [0.2, 0.25) is 0 Å². The Bertz CT molecular complexity index is 2400. The van der Waals surface area contributed by atoms with E-state index in [1.807, 2.05) is 54.9 Å². The molecular formula is C56H66CoN2O4. The SMILES string of the molecule is CC(C)(C)c1cc(C=[N][Co]2([N]=Cc3cc(C(C)(C)C)cc(C(C)(C)C)c3O)[CH](c3ccccc3)[CH]2c2ccccc2)c(O)c(C(C)(C)C)c1.Oc1ccc(Oc2ccccc2)cc1. The largest absolute Gasteiger partial charge is 0.508 e. The molecule has 2 atom stereocenters. The normalized spacial score (nSPS) is 19.0. The number of phenols is 3. The Hall–Kier alpha value is -5.63. The quantitative estimate of drug-likeness (QED) is 0.133. The van der Waals surface area contributed by atoms with Crippen molar-refractivity contribution < 1.29 is 33.1 Å². The number of hydrogen-bond acceptors (Lipinski definition) is 6. The number of hydrogen-bond donors (Lipinski definition) is 3. The number of rotatable bonds is 8. The van der Waals surface area contributed by atoms with E-state index in [-0.39, 0.29) is 48.6 Å². The standard InChI is InChI=1S/2C15H22NO.C14H12.C12H10O2.Co/c2*1-14(2,3)11-7-10(9-16)13(17)12(8-11)15(4,5)6;1-3-7-13(8-4-1)11-12-14-9-5-2-6-10-14;13-10-6-8-12(9-7-10)14-11-4-2-1-3-5-11;/h2*7-9,17H,1-6H3;1-12H;1-9,13H;/q2*-1;;;+2. The van der Waals surface area contributed by atoms with E-state index in [0.29, 0.717) is 16.9 Å². The summed E-state index contributed by atoms with van der Waals surface area (Å²) in [5, 5.41) is 32.5. The van der Waals surface area contributed by atoms with Crippen LogP contribution in [-0.4, -0.2) is 27.7 Å². The average Bonchev–Trinajstić information content (AvgIpc) is 3.88. The second-order valence-corrected chi connectivity index (χ2v) is 23.8. The smallest absolute Gasteiger partial charge is 0.127 e. The van der Waals surface area contributed by atoms with Gasteiger partial charge in [-0.15, -0.1) is 0 Å². The second-order valence-electron chi connectivity index (χ2n) is 20.4. The molecule has 0 amide bonds. The van der Waals surface area contributed by atoms with Crippen LogP contribution in [0.5, 0.6) is 28.7 Å². The maximum absolute atomic E-state index is 11.7. The van der Waals surface area contributed by atoms with Crippen molar-refractivity contribution in [3.63, 3.8) is 0 Å². The molecule has 1 fully saturated rings. The first kappa shape index (κ1) is 46.9. The van der Waals surface area contributed by atoms with Crippen molar-refractivity contribution in [2.24, 2.45) is 8.08 Å². The van der Waals surface area contributed by atoms with Gasteiger partial charge in [-0.25, -0.2) is 0 Å². The van der Waals surface area contributed by atoms with Crippen molar-refractivity contribution in [1.82, 2.24) is 0 Å². The van der Waals surface area contributed by atoms with Crippen LogP contribution < -0.4 is 4.74 Å². The minimum Gasteiger partial charge on any atom is -0.508 e. The molecule has 0 bridgehead atoms. The summed E-state index contributed by atoms with van der Waals surface area (Å²) in [7, 11) is 0. The zero-order valence-electron chi connectivity index (χ0n) is 39.1. The molecule has 0 spiro atoms. The summed E-state index contributed by atoms with van der Waals surface area (Å²) in [5.41, 5.74) is 7.22. The van der Waals surface area contributed by atoms with Gasteiger partial charge in [0.05, 0.1) is 0 Å². The van der Waals surface area contributed by atoms with Crippen molar-refractivity contribution >= 4 is 12.4 Å². The summed E-state index contributed by atoms with van der Waals surface area (Å²) in [4.78, 5) is 0.124. The Morgan fingerprint density at radius 1 is 0.444 bits per heavy atom. The number of para-hydroxylation sites is 1. The third kappa shape index (κ3) is 11.1. The van der Waals surface area contributed by atoms with Gasteiger partial charge < -0.3 is 9.84 Å². The predicted octanol–water partition coefficient (Wildman–Crippen LogP) is 14.5. The first-order chi connectivity index (χ1) is 29.5. The zero-order valence-corrected chi connectivity index (χ0v) is 40.1. The molecule has 0 aromatic heterocycles. The van der Waals surface area contributed by atoms with Crippen LogP contribution in [0.15, 0.2) is 148 Å². The van der Waals surface area contributed by atoms with Gasteiger partial charge in [-0.05, 0) is 36.4 Å². The molecule has 6 aromatic carbocycles. The fraction of sp³-hybridized carbons (Fsp3) is 0.321. The first-order valence-corrected chi connectivity index (χ1v) is 23.8. The molecule has 333 valence electrons. The minimum atomic E-state index is -2.51. The first-order valence-electron chi connectivity index (χ1n) is 21.6. The molecule has 3 N–H and O–H groups in total. The maximum Gasteiger partial charge on any atom is 0.127 e. The number of ether oxygens (including phenoxy) is 1. The van der Waals surface area contributed by atoms with E-state index in [2.05, 4.69) is 156 Å². The van der Waals surface area contributed by atoms with Gasteiger partial charge in [-0.1, -0.05) is 18.2 Å². The van der Waals surface area contributed by atoms with Crippen molar-refractivity contribution in [3.8, 4) is 28.7 Å². The van der Waals surface area contributed by atoms with Crippen LogP contribution in [0.25, 0.3) is 0 Å². The molecule has 7 heteroatoms. The molecule has 0 aliphatic carbocycles. The Morgan fingerprint density at radius 3 is 1.14 bits per heavy atom. The van der Waals surface area contributed by atoms with Crippen LogP contribution in [-0.2, 0) is 34.7 Å². The topological polar surface area (TPSA) is 94.6 Å². The summed E-state index contributed by atoms with van der Waals surface area (Å²) in [6.07, 6.45) is 3.77. The molecule has 7 rings (SSSR count). The van der Waals surface area contributed by atoms with Gasteiger partial charge in [0.25, 0.3) is 0 Å². The van der Waals surface area contributed by atoms with Crippen molar-refractivity contribution in [2.75, 3.05) is 0 Å². The van der Waals surface area contributed by atoms with Crippen LogP contribution in [0.3, 0.4) is 0 Å². The average molecular weight is 890 g/mol. The second kappa shape index (κ2) is 18.2. The minimum absolute atomic E-state index is 0.0618. The monoisotopic (exact) mass is 889 g/mol. The molecule has 6 aromatic rings. The van der Waals surface area contributed by atoms with E-state index in [1.54, 1.807) is 24.3 Å². The van der Waals surface area contributed by atoms with E-state index in [0.717, 1.165) is 28.0 Å². The Labute approximate surface area is 379 Å². The number of benzene rings is 6. The molecule has 1 aliphatic rings. The molecule has 1 aliphatic heterocycles. The third-order valence-electron chi connectivity index (χ3n) is 11.1. The van der Waals surface area contributed by atoms with E-state index in [1.165, 1.54) is 11.1 Å². The van der Waals surface area contributed by atoms with Crippen molar-refractivity contribution in [2.45, 2.75) is 114 Å². The summed E-state index contributed by atoms with van der Waals surface area (Å²) in [6, 6.07) is 45.8. The summed E-state index contributed by atoms with van der Waals surface area (Å²) in [5.74, 6) is 2.29. The van der Waals surface area contributed by atoms with Crippen LogP contribution in [0.2, 0.25) is 0 Å². The molecule has 6 nitrogen and oxygen atoms in total. The number of nitrogens with zero attached hydrogens (tertiary/aromatic N) is 2. The van der Waals surface area contributed by atoms with E-state index in [4.69, 9.17) is 17.9 Å². The molecule has 0 radical (unpaired) electrons. The van der Waals surface area contributed by atoms with Gasteiger partial charge in [0.15, 0.2) is 0 Å². The van der Waals surface area contributed by atoms with Gasteiger partial charge in [0, 0.05) is 0 Å². The summed E-state index contributed by atoms with van der Waals surface area (Å²) >= 11 is -2.51. The van der Waals surface area contributed by atoms with Crippen LogP contribution in [0, 0.1) is 0 Å². The fourth-order valence-electron chi connectivity index (χ4n) is 7.25. The molecule has 2 unspecified atom stereocenters. The molecule has 1 heterocycles. The van der Waals surface area contributed by atoms with Gasteiger partial charge >= 0.3 is 299 Å². The van der Waals surface area contributed by atoms with Gasteiger partial charge in [0.1, 0.15) is 17.2 Å². The van der Waals surface area contributed by atoms with E-state index >= 15 is 0 Å². The van der Waals surface area contributed by atoms with Gasteiger partial charge in [-0.3, -0.25) is 0 Å². The predicted molar refractivity (Wildman–Crippen MR) is 259 cm³/mol. The van der Waals surface area contributed by atoms with Crippen LogP contribution in [0.4, 0.5) is 0 Å². The Morgan fingerprint density at radius 2 is 0.794 bits per heavy atom. The summed E-state index contributed by atoms with van der Waals surface area (Å²) < 4.78 is 16.5. The maximum atomic E-state index is 11.7. The van der Waals surface area contributed by atoms with Crippen molar-refractivity contribution in [3.05, 3.63) is 184 Å². The molecule has 0 saturated carbocycles. The zero-order chi connectivity index (χ0) is 46.0. The third-order valence-corrected chi connectivity index (χ3v) is 15.1. The summed E-state index contributed by atoms with van der Waals surface area (Å²) in [6.45, 7) is 26.0. The molecule has 63 heavy (non-hydrogen) atoms. The van der Waals surface area contributed by atoms with E-state index < -0.39 is 13.0 Å². The Kier molecular flexibility index (Phi) is 13.6. The van der Waals surface area contributed by atoms with Gasteiger partial charge in [-0.2, -0.15) is 0 Å². The van der Waals surface area contributed by atoms with Crippen LogP contribution >= 0.6 is 0 Å².